The Morgan fingerprint density at radius 1 is 1.04 bits per heavy atom. The number of carbonyl (C=O) groups excluding carboxylic acids is 1. The molecule has 2 aromatic carbocycles. The lowest BCUT2D eigenvalue weighted by Crippen LogP contribution is -2.31. The van der Waals surface area contributed by atoms with Crippen molar-refractivity contribution in [3.05, 3.63) is 60.2 Å². The van der Waals surface area contributed by atoms with Gasteiger partial charge in [-0.3, -0.25) is 4.79 Å². The Kier molecular flexibility index (Phi) is 7.68. The van der Waals surface area contributed by atoms with Gasteiger partial charge in [-0.1, -0.05) is 38.1 Å². The Hall–Kier alpha value is -1.83. The summed E-state index contributed by atoms with van der Waals surface area (Å²) in [6.07, 6.45) is 0. The summed E-state index contributed by atoms with van der Waals surface area (Å²) in [7, 11) is -3.57. The summed E-state index contributed by atoms with van der Waals surface area (Å²) in [5.41, 5.74) is 0.350. The highest BCUT2D eigenvalue weighted by Gasteiger charge is 2.22. The molecule has 0 aromatic heterocycles. The Balaban J connectivity index is 1.97. The minimum atomic E-state index is -3.57. The summed E-state index contributed by atoms with van der Waals surface area (Å²) in [6.45, 7) is 4.88. The van der Waals surface area contributed by atoms with Gasteiger partial charge in [0.15, 0.2) is 0 Å². The van der Waals surface area contributed by atoms with Gasteiger partial charge in [0, 0.05) is 35.8 Å². The third-order valence-corrected chi connectivity index (χ3v) is 6.90. The molecule has 140 valence electrons. The molecule has 0 bridgehead atoms. The Labute approximate surface area is 159 Å². The first-order chi connectivity index (χ1) is 12.5. The zero-order valence-electron chi connectivity index (χ0n) is 15.0. The molecule has 1 N–H and O–H groups in total. The van der Waals surface area contributed by atoms with E-state index in [-0.39, 0.29) is 10.8 Å². The minimum Gasteiger partial charge on any atom is -0.351 e. The fourth-order valence-electron chi connectivity index (χ4n) is 2.46. The molecule has 2 aromatic rings. The second-order valence-corrected chi connectivity index (χ2v) is 8.64. The van der Waals surface area contributed by atoms with Gasteiger partial charge in [0.25, 0.3) is 5.91 Å². The number of thioether (sulfide) groups is 1. The fraction of sp³-hybridized carbons (Fsp3) is 0.316. The lowest BCUT2D eigenvalue weighted by atomic mass is 10.2. The predicted octanol–water partition coefficient (Wildman–Crippen LogP) is 3.24. The van der Waals surface area contributed by atoms with Crippen LogP contribution >= 0.6 is 11.8 Å². The normalized spacial score (nSPS) is 11.5. The smallest absolute Gasteiger partial charge is 0.251 e. The van der Waals surface area contributed by atoms with Crippen molar-refractivity contribution in [2.75, 3.05) is 25.4 Å². The van der Waals surface area contributed by atoms with E-state index >= 15 is 0 Å². The quantitative estimate of drug-likeness (QED) is 0.525. The topological polar surface area (TPSA) is 66.5 Å². The summed E-state index contributed by atoms with van der Waals surface area (Å²) < 4.78 is 26.5. The largest absolute Gasteiger partial charge is 0.351 e. The van der Waals surface area contributed by atoms with Crippen LogP contribution in [0.2, 0.25) is 0 Å². The van der Waals surface area contributed by atoms with Gasteiger partial charge < -0.3 is 5.32 Å². The maximum Gasteiger partial charge on any atom is 0.251 e. The Morgan fingerprint density at radius 3 is 2.38 bits per heavy atom. The molecule has 0 atom stereocenters. The summed E-state index contributed by atoms with van der Waals surface area (Å²) in [5, 5.41) is 2.84. The monoisotopic (exact) mass is 392 g/mol. The van der Waals surface area contributed by atoms with E-state index in [1.807, 2.05) is 30.3 Å². The Morgan fingerprint density at radius 2 is 1.73 bits per heavy atom. The van der Waals surface area contributed by atoms with E-state index in [9.17, 15) is 13.2 Å². The molecule has 7 heteroatoms. The number of nitrogens with zero attached hydrogens (tertiary/aromatic N) is 1. The molecule has 0 fully saturated rings. The molecule has 2 rings (SSSR count). The average Bonchev–Trinajstić information content (AvgIpc) is 2.67. The molecular formula is C19H24N2O3S2. The van der Waals surface area contributed by atoms with Crippen LogP contribution in [0.1, 0.15) is 24.2 Å². The van der Waals surface area contributed by atoms with Crippen LogP contribution in [0.25, 0.3) is 0 Å². The molecule has 0 saturated heterocycles. The molecule has 0 saturated carbocycles. The second-order valence-electron chi connectivity index (χ2n) is 5.53. The molecule has 0 spiro atoms. The van der Waals surface area contributed by atoms with Crippen LogP contribution in [0, 0.1) is 0 Å². The number of hydrogen-bond donors (Lipinski definition) is 1. The van der Waals surface area contributed by atoms with Crippen LogP contribution in [-0.2, 0) is 10.0 Å². The van der Waals surface area contributed by atoms with Gasteiger partial charge in [0.05, 0.1) is 4.90 Å². The molecular weight excluding hydrogens is 368 g/mol. The van der Waals surface area contributed by atoms with E-state index in [2.05, 4.69) is 5.32 Å². The molecule has 1 amide bonds. The summed E-state index contributed by atoms with van der Waals surface area (Å²) in [6, 6.07) is 16.1. The van der Waals surface area contributed by atoms with Crippen LogP contribution in [0.5, 0.6) is 0 Å². The molecule has 0 heterocycles. The predicted molar refractivity (Wildman–Crippen MR) is 106 cm³/mol. The van der Waals surface area contributed by atoms with Crippen molar-refractivity contribution in [2.45, 2.75) is 23.6 Å². The molecule has 0 aliphatic heterocycles. The van der Waals surface area contributed by atoms with Crippen molar-refractivity contribution in [1.29, 1.82) is 0 Å². The molecule has 5 nitrogen and oxygen atoms in total. The molecule has 0 unspecified atom stereocenters. The number of sulfonamides is 1. The Bertz CT molecular complexity index is 820. The summed E-state index contributed by atoms with van der Waals surface area (Å²) in [5.74, 6) is 0.475. The maximum absolute atomic E-state index is 12.6. The maximum atomic E-state index is 12.6. The van der Waals surface area contributed by atoms with Crippen molar-refractivity contribution in [3.63, 3.8) is 0 Å². The van der Waals surface area contributed by atoms with Gasteiger partial charge in [0.1, 0.15) is 0 Å². The summed E-state index contributed by atoms with van der Waals surface area (Å²) >= 11 is 1.66. The number of nitrogens with one attached hydrogen (secondary N) is 1. The van der Waals surface area contributed by atoms with Crippen molar-refractivity contribution in [3.8, 4) is 0 Å². The first-order valence-electron chi connectivity index (χ1n) is 8.55. The molecule has 0 aliphatic rings. The van der Waals surface area contributed by atoms with E-state index in [0.29, 0.717) is 25.2 Å². The molecule has 26 heavy (non-hydrogen) atoms. The minimum absolute atomic E-state index is 0.146. The van der Waals surface area contributed by atoms with E-state index in [0.717, 1.165) is 10.6 Å². The van der Waals surface area contributed by atoms with Crippen LogP contribution in [0.4, 0.5) is 0 Å². The van der Waals surface area contributed by atoms with Gasteiger partial charge in [-0.15, -0.1) is 11.8 Å². The SMILES string of the molecule is CCN(CC)S(=O)(=O)c1cccc(C(=O)NCCSc2ccccc2)c1. The van der Waals surface area contributed by atoms with Gasteiger partial charge in [0.2, 0.25) is 10.0 Å². The summed E-state index contributed by atoms with van der Waals surface area (Å²) in [4.78, 5) is 13.6. The lowest BCUT2D eigenvalue weighted by Gasteiger charge is -2.18. The number of benzene rings is 2. The van der Waals surface area contributed by atoms with E-state index in [1.165, 1.54) is 16.4 Å². The number of amides is 1. The van der Waals surface area contributed by atoms with Crippen molar-refractivity contribution in [2.24, 2.45) is 0 Å². The third kappa shape index (κ3) is 5.33. The van der Waals surface area contributed by atoms with Crippen LogP contribution < -0.4 is 5.32 Å². The van der Waals surface area contributed by atoms with Crippen molar-refractivity contribution >= 4 is 27.7 Å². The van der Waals surface area contributed by atoms with E-state index < -0.39 is 10.0 Å². The highest BCUT2D eigenvalue weighted by molar-refractivity contribution is 7.99. The van der Waals surface area contributed by atoms with Gasteiger partial charge in [-0.2, -0.15) is 4.31 Å². The van der Waals surface area contributed by atoms with Gasteiger partial charge in [-0.05, 0) is 30.3 Å². The number of rotatable bonds is 9. The first-order valence-corrected chi connectivity index (χ1v) is 11.0. The van der Waals surface area contributed by atoms with Crippen molar-refractivity contribution < 1.29 is 13.2 Å². The average molecular weight is 393 g/mol. The standard InChI is InChI=1S/C19H24N2O3S2/c1-3-21(4-2)26(23,24)18-12-8-9-16(15-18)19(22)20-13-14-25-17-10-6-5-7-11-17/h5-12,15H,3-4,13-14H2,1-2H3,(H,20,22). The van der Waals surface area contributed by atoms with Crippen molar-refractivity contribution in [1.82, 2.24) is 9.62 Å². The zero-order chi connectivity index (χ0) is 19.0. The van der Waals surface area contributed by atoms with Crippen LogP contribution in [0.3, 0.4) is 0 Å². The van der Waals surface area contributed by atoms with E-state index in [4.69, 9.17) is 0 Å². The lowest BCUT2D eigenvalue weighted by molar-refractivity contribution is 0.0956. The zero-order valence-corrected chi connectivity index (χ0v) is 16.6. The second kappa shape index (κ2) is 9.75. The van der Waals surface area contributed by atoms with Gasteiger partial charge in [-0.25, -0.2) is 8.42 Å². The van der Waals surface area contributed by atoms with Gasteiger partial charge >= 0.3 is 0 Å². The molecule has 0 radical (unpaired) electrons. The highest BCUT2D eigenvalue weighted by Crippen LogP contribution is 2.18. The van der Waals surface area contributed by atoms with Crippen LogP contribution in [0.15, 0.2) is 64.4 Å². The number of hydrogen-bond acceptors (Lipinski definition) is 4. The first kappa shape index (κ1) is 20.5. The van der Waals surface area contributed by atoms with E-state index in [1.54, 1.807) is 37.7 Å². The fourth-order valence-corrected chi connectivity index (χ4v) is 4.76. The van der Waals surface area contributed by atoms with Crippen LogP contribution in [-0.4, -0.2) is 44.0 Å². The molecule has 0 aliphatic carbocycles. The highest BCUT2D eigenvalue weighted by atomic mass is 32.2. The third-order valence-electron chi connectivity index (χ3n) is 3.84. The number of carbonyl (C=O) groups is 1.